The molecule has 0 aromatic carbocycles. The summed E-state index contributed by atoms with van der Waals surface area (Å²) in [5.41, 5.74) is 5.27. The normalized spacial score (nSPS) is 10.1. The highest BCUT2D eigenvalue weighted by Gasteiger charge is 2.09. The minimum absolute atomic E-state index is 0.112. The van der Waals surface area contributed by atoms with E-state index in [1.807, 2.05) is 0 Å². The van der Waals surface area contributed by atoms with Crippen molar-refractivity contribution >= 4 is 34.9 Å². The minimum atomic E-state index is -0.197. The lowest BCUT2D eigenvalue weighted by molar-refractivity contribution is -0.116. The Morgan fingerprint density at radius 2 is 2.20 bits per heavy atom. The van der Waals surface area contributed by atoms with Crippen LogP contribution in [0.15, 0.2) is 6.33 Å². The van der Waals surface area contributed by atoms with Gasteiger partial charge in [-0.2, -0.15) is 0 Å². The number of nitrogens with zero attached hydrogens (tertiary/aromatic N) is 2. The molecule has 5 nitrogen and oxygen atoms in total. The maximum absolute atomic E-state index is 11.3. The number of nitrogens with one attached hydrogen (secondary N) is 1. The molecule has 0 saturated heterocycles. The first-order chi connectivity index (χ1) is 7.15. The molecule has 0 saturated carbocycles. The fraction of sp³-hybridized carbons (Fsp3) is 0.375. The largest absolute Gasteiger partial charge is 0.330 e. The number of hydrogen-bond donors (Lipinski definition) is 2. The number of carbonyl (C=O) groups is 1. The van der Waals surface area contributed by atoms with Gasteiger partial charge < -0.3 is 11.1 Å². The van der Waals surface area contributed by atoms with Gasteiger partial charge in [0.25, 0.3) is 0 Å². The number of aromatic nitrogens is 2. The van der Waals surface area contributed by atoms with Crippen molar-refractivity contribution < 1.29 is 4.79 Å². The molecule has 1 amide bonds. The maximum atomic E-state index is 11.3. The lowest BCUT2D eigenvalue weighted by Gasteiger charge is -2.05. The predicted molar refractivity (Wildman–Crippen MR) is 59.0 cm³/mol. The van der Waals surface area contributed by atoms with Gasteiger partial charge in [-0.25, -0.2) is 9.97 Å². The van der Waals surface area contributed by atoms with Crippen LogP contribution >= 0.6 is 23.2 Å². The van der Waals surface area contributed by atoms with Crippen molar-refractivity contribution in [2.24, 2.45) is 5.73 Å². The lowest BCUT2D eigenvalue weighted by atomic mass is 10.3. The highest BCUT2D eigenvalue weighted by Crippen LogP contribution is 2.25. The van der Waals surface area contributed by atoms with Gasteiger partial charge in [0, 0.05) is 6.42 Å². The molecule has 0 aliphatic rings. The number of halogens is 2. The lowest BCUT2D eigenvalue weighted by Crippen LogP contribution is -2.14. The van der Waals surface area contributed by atoms with Crippen molar-refractivity contribution in [2.75, 3.05) is 11.9 Å². The molecule has 0 radical (unpaired) electrons. The SMILES string of the molecule is NCCCC(=O)Nc1ncnc(Cl)c1Cl. The second-order valence-electron chi connectivity index (χ2n) is 2.77. The van der Waals surface area contributed by atoms with Crippen molar-refractivity contribution in [1.29, 1.82) is 0 Å². The molecule has 1 aromatic heterocycles. The Morgan fingerprint density at radius 1 is 1.47 bits per heavy atom. The van der Waals surface area contributed by atoms with Gasteiger partial charge in [0.2, 0.25) is 5.91 Å². The predicted octanol–water partition coefficient (Wildman–Crippen LogP) is 1.46. The second kappa shape index (κ2) is 5.85. The minimum Gasteiger partial charge on any atom is -0.330 e. The number of rotatable bonds is 4. The van der Waals surface area contributed by atoms with E-state index in [2.05, 4.69) is 15.3 Å². The summed E-state index contributed by atoms with van der Waals surface area (Å²) in [6, 6.07) is 0. The van der Waals surface area contributed by atoms with E-state index in [0.29, 0.717) is 19.4 Å². The monoisotopic (exact) mass is 248 g/mol. The molecule has 0 bridgehead atoms. The zero-order valence-corrected chi connectivity index (χ0v) is 9.35. The summed E-state index contributed by atoms with van der Waals surface area (Å²) in [5.74, 6) is 0.0239. The third-order valence-corrected chi connectivity index (χ3v) is 2.35. The van der Waals surface area contributed by atoms with Crippen molar-refractivity contribution in [1.82, 2.24) is 9.97 Å². The molecule has 0 unspecified atom stereocenters. The van der Waals surface area contributed by atoms with Gasteiger partial charge in [-0.05, 0) is 13.0 Å². The van der Waals surface area contributed by atoms with E-state index >= 15 is 0 Å². The van der Waals surface area contributed by atoms with E-state index in [1.165, 1.54) is 6.33 Å². The first kappa shape index (κ1) is 12.2. The molecule has 82 valence electrons. The van der Waals surface area contributed by atoms with Gasteiger partial charge in [-0.3, -0.25) is 4.79 Å². The van der Waals surface area contributed by atoms with E-state index in [-0.39, 0.29) is 21.9 Å². The van der Waals surface area contributed by atoms with Crippen LogP contribution in [-0.2, 0) is 4.79 Å². The average Bonchev–Trinajstić information content (AvgIpc) is 2.22. The van der Waals surface area contributed by atoms with Crippen LogP contribution in [-0.4, -0.2) is 22.4 Å². The zero-order chi connectivity index (χ0) is 11.3. The van der Waals surface area contributed by atoms with Crippen molar-refractivity contribution in [3.63, 3.8) is 0 Å². The van der Waals surface area contributed by atoms with Gasteiger partial charge in [-0.15, -0.1) is 0 Å². The van der Waals surface area contributed by atoms with Crippen LogP contribution in [0.5, 0.6) is 0 Å². The summed E-state index contributed by atoms with van der Waals surface area (Å²) in [6.45, 7) is 0.464. The van der Waals surface area contributed by atoms with Gasteiger partial charge in [-0.1, -0.05) is 23.2 Å². The molecule has 0 aliphatic heterocycles. The average molecular weight is 249 g/mol. The Balaban J connectivity index is 2.64. The highest BCUT2D eigenvalue weighted by molar-refractivity contribution is 6.42. The molecule has 1 aromatic rings. The Hall–Kier alpha value is -0.910. The Kier molecular flexibility index (Phi) is 4.74. The Labute approximate surface area is 97.0 Å². The summed E-state index contributed by atoms with van der Waals surface area (Å²) >= 11 is 11.4. The van der Waals surface area contributed by atoms with Crippen LogP contribution in [0.4, 0.5) is 5.82 Å². The van der Waals surface area contributed by atoms with E-state index in [0.717, 1.165) is 0 Å². The van der Waals surface area contributed by atoms with Crippen LogP contribution in [0, 0.1) is 0 Å². The van der Waals surface area contributed by atoms with Crippen LogP contribution < -0.4 is 11.1 Å². The van der Waals surface area contributed by atoms with Gasteiger partial charge >= 0.3 is 0 Å². The Morgan fingerprint density at radius 3 is 2.87 bits per heavy atom. The summed E-state index contributed by atoms with van der Waals surface area (Å²) in [5, 5.41) is 2.77. The second-order valence-corrected chi connectivity index (χ2v) is 3.50. The standard InChI is InChI=1S/C8H10Cl2N4O/c9-6-7(10)12-4-13-8(6)14-5(15)2-1-3-11/h4H,1-3,11H2,(H,12,13,14,15). The van der Waals surface area contributed by atoms with Gasteiger partial charge in [0.05, 0.1) is 0 Å². The molecular weight excluding hydrogens is 239 g/mol. The third kappa shape index (κ3) is 3.62. The van der Waals surface area contributed by atoms with E-state index in [9.17, 15) is 4.79 Å². The summed E-state index contributed by atoms with van der Waals surface area (Å²) in [6.07, 6.45) is 2.17. The topological polar surface area (TPSA) is 80.9 Å². The number of hydrogen-bond acceptors (Lipinski definition) is 4. The van der Waals surface area contributed by atoms with Crippen LogP contribution in [0.1, 0.15) is 12.8 Å². The fourth-order valence-electron chi connectivity index (χ4n) is 0.893. The highest BCUT2D eigenvalue weighted by atomic mass is 35.5. The number of amides is 1. The van der Waals surface area contributed by atoms with Gasteiger partial charge in [0.1, 0.15) is 11.3 Å². The molecule has 0 atom stereocenters. The van der Waals surface area contributed by atoms with E-state index < -0.39 is 0 Å². The smallest absolute Gasteiger partial charge is 0.225 e. The van der Waals surface area contributed by atoms with Crippen LogP contribution in [0.3, 0.4) is 0 Å². The molecule has 1 rings (SSSR count). The number of nitrogens with two attached hydrogens (primary N) is 1. The maximum Gasteiger partial charge on any atom is 0.225 e. The third-order valence-electron chi connectivity index (χ3n) is 1.61. The quantitative estimate of drug-likeness (QED) is 0.791. The zero-order valence-electron chi connectivity index (χ0n) is 7.83. The van der Waals surface area contributed by atoms with E-state index in [1.54, 1.807) is 0 Å². The molecule has 0 spiro atoms. The van der Waals surface area contributed by atoms with E-state index in [4.69, 9.17) is 28.9 Å². The Bertz CT molecular complexity index is 358. The molecule has 0 fully saturated rings. The fourth-order valence-corrected chi connectivity index (χ4v) is 1.17. The molecule has 1 heterocycles. The first-order valence-corrected chi connectivity index (χ1v) is 5.06. The first-order valence-electron chi connectivity index (χ1n) is 4.31. The molecular formula is C8H10Cl2N4O. The summed E-state index contributed by atoms with van der Waals surface area (Å²) < 4.78 is 0. The molecule has 3 N–H and O–H groups in total. The molecule has 15 heavy (non-hydrogen) atoms. The van der Waals surface area contributed by atoms with Crippen molar-refractivity contribution in [2.45, 2.75) is 12.8 Å². The van der Waals surface area contributed by atoms with Crippen molar-refractivity contribution in [3.05, 3.63) is 16.5 Å². The van der Waals surface area contributed by atoms with Crippen LogP contribution in [0.25, 0.3) is 0 Å². The summed E-state index contributed by atoms with van der Waals surface area (Å²) in [7, 11) is 0. The van der Waals surface area contributed by atoms with Crippen molar-refractivity contribution in [3.8, 4) is 0 Å². The van der Waals surface area contributed by atoms with Gasteiger partial charge in [0.15, 0.2) is 11.0 Å². The van der Waals surface area contributed by atoms with Crippen LogP contribution in [0.2, 0.25) is 10.2 Å². The number of carbonyl (C=O) groups excluding carboxylic acids is 1. The summed E-state index contributed by atoms with van der Waals surface area (Å²) in [4.78, 5) is 18.8. The molecule has 0 aliphatic carbocycles. The molecule has 7 heteroatoms. The number of anilines is 1.